The van der Waals surface area contributed by atoms with Gasteiger partial charge in [-0.05, 0) is 19.8 Å². The van der Waals surface area contributed by atoms with E-state index in [0.717, 1.165) is 31.2 Å². The van der Waals surface area contributed by atoms with Crippen LogP contribution in [-0.4, -0.2) is 44.3 Å². The molecule has 0 bridgehead atoms. The molecular weight excluding hydrogens is 244 g/mol. The number of cyclic esters (lactones) is 1. The van der Waals surface area contributed by atoms with Crippen molar-refractivity contribution in [3.8, 4) is 0 Å². The van der Waals surface area contributed by atoms with Gasteiger partial charge in [0.15, 0.2) is 0 Å². The maximum atomic E-state index is 11.8. The molecule has 0 radical (unpaired) electrons. The van der Waals surface area contributed by atoms with E-state index < -0.39 is 0 Å². The molecule has 0 aromatic carbocycles. The lowest BCUT2D eigenvalue weighted by molar-refractivity contribution is -0.145. The zero-order valence-electron chi connectivity index (χ0n) is 11.1. The summed E-state index contributed by atoms with van der Waals surface area (Å²) < 4.78 is 7.49. The summed E-state index contributed by atoms with van der Waals surface area (Å²) in [7, 11) is 0. The molecule has 4 rings (SSSR count). The Labute approximate surface area is 111 Å². The van der Waals surface area contributed by atoms with Crippen LogP contribution in [0.2, 0.25) is 0 Å². The summed E-state index contributed by atoms with van der Waals surface area (Å²) >= 11 is 0. The van der Waals surface area contributed by atoms with Gasteiger partial charge in [-0.15, -0.1) is 10.2 Å². The lowest BCUT2D eigenvalue weighted by Gasteiger charge is -2.30. The lowest BCUT2D eigenvalue weighted by atomic mass is 10.1. The van der Waals surface area contributed by atoms with E-state index in [2.05, 4.69) is 19.7 Å². The minimum Gasteiger partial charge on any atom is -0.461 e. The average Bonchev–Trinajstić information content (AvgIpc) is 3.06. The third-order valence-electron chi connectivity index (χ3n) is 4.34. The largest absolute Gasteiger partial charge is 0.461 e. The van der Waals surface area contributed by atoms with Gasteiger partial charge in [0.2, 0.25) is 0 Å². The quantitative estimate of drug-likeness (QED) is 0.733. The average molecular weight is 262 g/mol. The minimum absolute atomic E-state index is 0.0410. The highest BCUT2D eigenvalue weighted by Gasteiger charge is 2.39. The topological polar surface area (TPSA) is 60.2 Å². The number of aromatic nitrogens is 3. The molecule has 6 nitrogen and oxygen atoms in total. The van der Waals surface area contributed by atoms with Crippen LogP contribution in [0, 0.1) is 0 Å². The predicted octanol–water partition coefficient (Wildman–Crippen LogP) is 0.675. The summed E-state index contributed by atoms with van der Waals surface area (Å²) in [6.07, 6.45) is 3.32. The van der Waals surface area contributed by atoms with Crippen molar-refractivity contribution in [1.29, 1.82) is 0 Å². The third-order valence-corrected chi connectivity index (χ3v) is 4.34. The molecule has 2 fully saturated rings. The van der Waals surface area contributed by atoms with E-state index in [0.29, 0.717) is 12.5 Å². The number of fused-ring (bicyclic) bond motifs is 1. The van der Waals surface area contributed by atoms with E-state index >= 15 is 0 Å². The first-order valence-electron chi connectivity index (χ1n) is 7.09. The van der Waals surface area contributed by atoms with E-state index in [1.165, 1.54) is 12.8 Å². The Hall–Kier alpha value is -1.43. The molecule has 1 saturated carbocycles. The second-order valence-corrected chi connectivity index (χ2v) is 5.87. The Morgan fingerprint density at radius 1 is 1.26 bits per heavy atom. The van der Waals surface area contributed by atoms with E-state index in [-0.39, 0.29) is 18.1 Å². The second kappa shape index (κ2) is 4.03. The first kappa shape index (κ1) is 11.4. The second-order valence-electron chi connectivity index (χ2n) is 5.87. The monoisotopic (exact) mass is 262 g/mol. The normalized spacial score (nSPS) is 31.3. The molecule has 0 N–H and O–H groups in total. The van der Waals surface area contributed by atoms with Crippen LogP contribution in [-0.2, 0) is 22.6 Å². The van der Waals surface area contributed by atoms with Crippen LogP contribution < -0.4 is 0 Å². The molecule has 3 heterocycles. The predicted molar refractivity (Wildman–Crippen MR) is 66.4 cm³/mol. The Morgan fingerprint density at radius 3 is 2.79 bits per heavy atom. The van der Waals surface area contributed by atoms with Gasteiger partial charge < -0.3 is 9.30 Å². The summed E-state index contributed by atoms with van der Waals surface area (Å²) in [6, 6.07) is -0.0928. The summed E-state index contributed by atoms with van der Waals surface area (Å²) in [6.45, 7) is 4.45. The van der Waals surface area contributed by atoms with Crippen molar-refractivity contribution in [1.82, 2.24) is 19.7 Å². The van der Waals surface area contributed by atoms with Gasteiger partial charge in [0.1, 0.15) is 23.8 Å². The Balaban J connectivity index is 1.54. The van der Waals surface area contributed by atoms with E-state index in [4.69, 9.17) is 4.74 Å². The molecule has 0 amide bonds. The van der Waals surface area contributed by atoms with Crippen molar-refractivity contribution in [2.24, 2.45) is 0 Å². The minimum atomic E-state index is -0.0928. The van der Waals surface area contributed by atoms with E-state index in [1.54, 1.807) is 0 Å². The molecule has 3 aliphatic rings. The molecule has 6 heteroatoms. The number of esters is 1. The van der Waals surface area contributed by atoms with Gasteiger partial charge in [0, 0.05) is 25.4 Å². The van der Waals surface area contributed by atoms with Crippen LogP contribution in [0.3, 0.4) is 0 Å². The molecule has 1 aromatic rings. The maximum absolute atomic E-state index is 11.8. The zero-order chi connectivity index (χ0) is 13.0. The van der Waals surface area contributed by atoms with Crippen LogP contribution in [0.15, 0.2) is 0 Å². The SMILES string of the molecule is C[C@@H]1C[C@H](N2CCn3c(nnc3C3CC3)C2)C(=O)O1. The van der Waals surface area contributed by atoms with Gasteiger partial charge in [-0.3, -0.25) is 9.69 Å². The van der Waals surface area contributed by atoms with Crippen molar-refractivity contribution in [3.63, 3.8) is 0 Å². The molecule has 102 valence electrons. The van der Waals surface area contributed by atoms with Crippen molar-refractivity contribution in [2.75, 3.05) is 6.54 Å². The number of hydrogen-bond donors (Lipinski definition) is 0. The summed E-state index contributed by atoms with van der Waals surface area (Å²) in [5, 5.41) is 8.63. The van der Waals surface area contributed by atoms with Crippen LogP contribution in [0.1, 0.15) is 43.8 Å². The first-order valence-corrected chi connectivity index (χ1v) is 7.09. The van der Waals surface area contributed by atoms with E-state index in [9.17, 15) is 4.79 Å². The maximum Gasteiger partial charge on any atom is 0.323 e. The fourth-order valence-electron chi connectivity index (χ4n) is 3.14. The number of rotatable bonds is 2. The van der Waals surface area contributed by atoms with Gasteiger partial charge >= 0.3 is 5.97 Å². The van der Waals surface area contributed by atoms with Crippen molar-refractivity contribution < 1.29 is 9.53 Å². The number of carbonyl (C=O) groups is 1. The van der Waals surface area contributed by atoms with Crippen LogP contribution in [0.5, 0.6) is 0 Å². The highest BCUT2D eigenvalue weighted by Crippen LogP contribution is 2.39. The molecule has 1 aliphatic carbocycles. The molecule has 1 aromatic heterocycles. The fourth-order valence-corrected chi connectivity index (χ4v) is 3.14. The lowest BCUT2D eigenvalue weighted by Crippen LogP contribution is -2.43. The first-order chi connectivity index (χ1) is 9.22. The van der Waals surface area contributed by atoms with Gasteiger partial charge in [0.25, 0.3) is 0 Å². The van der Waals surface area contributed by atoms with Crippen molar-refractivity contribution >= 4 is 5.97 Å². The highest BCUT2D eigenvalue weighted by atomic mass is 16.6. The summed E-state index contributed by atoms with van der Waals surface area (Å²) in [4.78, 5) is 14.0. The van der Waals surface area contributed by atoms with Crippen LogP contribution in [0.25, 0.3) is 0 Å². The number of ether oxygens (including phenoxy) is 1. The number of carbonyl (C=O) groups excluding carboxylic acids is 1. The van der Waals surface area contributed by atoms with Gasteiger partial charge in [-0.25, -0.2) is 0 Å². The van der Waals surface area contributed by atoms with Crippen LogP contribution >= 0.6 is 0 Å². The molecule has 1 saturated heterocycles. The molecular formula is C13H18N4O2. The molecule has 19 heavy (non-hydrogen) atoms. The Bertz CT molecular complexity index is 523. The standard InChI is InChI=1S/C13H18N4O2/c1-8-6-10(13(18)19-8)16-4-5-17-11(7-16)14-15-12(17)9-2-3-9/h8-10H,2-7H2,1H3/t8-,10+/m1/s1. The number of hydrogen-bond acceptors (Lipinski definition) is 5. The Morgan fingerprint density at radius 2 is 2.11 bits per heavy atom. The fraction of sp³-hybridized carbons (Fsp3) is 0.769. The van der Waals surface area contributed by atoms with Gasteiger partial charge in [-0.1, -0.05) is 0 Å². The molecule has 2 aliphatic heterocycles. The van der Waals surface area contributed by atoms with Crippen LogP contribution in [0.4, 0.5) is 0 Å². The molecule has 0 spiro atoms. The smallest absolute Gasteiger partial charge is 0.323 e. The molecule has 2 atom stereocenters. The number of nitrogens with zero attached hydrogens (tertiary/aromatic N) is 4. The summed E-state index contributed by atoms with van der Waals surface area (Å²) in [5.74, 6) is 2.70. The zero-order valence-corrected chi connectivity index (χ0v) is 11.1. The molecule has 0 unspecified atom stereocenters. The van der Waals surface area contributed by atoms with Crippen molar-refractivity contribution in [2.45, 2.75) is 57.3 Å². The Kier molecular flexibility index (Phi) is 2.42. The van der Waals surface area contributed by atoms with Crippen molar-refractivity contribution in [3.05, 3.63) is 11.6 Å². The third kappa shape index (κ3) is 1.85. The summed E-state index contributed by atoms with van der Waals surface area (Å²) in [5.41, 5.74) is 0. The van der Waals surface area contributed by atoms with Gasteiger partial charge in [0.05, 0.1) is 6.54 Å². The van der Waals surface area contributed by atoms with Gasteiger partial charge in [-0.2, -0.15) is 0 Å². The van der Waals surface area contributed by atoms with E-state index in [1.807, 2.05) is 6.92 Å². The highest BCUT2D eigenvalue weighted by molar-refractivity contribution is 5.78.